The quantitative estimate of drug-likeness (QED) is 0.926. The van der Waals surface area contributed by atoms with Crippen LogP contribution in [0.3, 0.4) is 0 Å². The molecule has 0 bridgehead atoms. The van der Waals surface area contributed by atoms with E-state index in [2.05, 4.69) is 25.3 Å². The first kappa shape index (κ1) is 16.5. The zero-order valence-electron chi connectivity index (χ0n) is 13.8. The van der Waals surface area contributed by atoms with Gasteiger partial charge in [0.25, 0.3) is 0 Å². The molecule has 2 aromatic heterocycles. The second-order valence-corrected chi connectivity index (χ2v) is 6.13. The zero-order chi connectivity index (χ0) is 17.2. The third-order valence-corrected chi connectivity index (χ3v) is 4.16. The van der Waals surface area contributed by atoms with E-state index in [1.807, 2.05) is 6.92 Å². The molecule has 0 spiro atoms. The summed E-state index contributed by atoms with van der Waals surface area (Å²) < 4.78 is 28.7. The normalized spacial score (nSPS) is 16.9. The van der Waals surface area contributed by atoms with Gasteiger partial charge in [0.1, 0.15) is 23.6 Å². The van der Waals surface area contributed by atoms with Crippen molar-refractivity contribution in [3.05, 3.63) is 35.9 Å². The molecule has 0 unspecified atom stereocenters. The lowest BCUT2D eigenvalue weighted by Gasteiger charge is -2.37. The number of rotatable bonds is 4. The third kappa shape index (κ3) is 3.74. The van der Waals surface area contributed by atoms with E-state index in [9.17, 15) is 8.78 Å². The van der Waals surface area contributed by atoms with Crippen molar-refractivity contribution in [3.8, 4) is 0 Å². The average molecular weight is 334 g/mol. The molecule has 1 N–H and O–H groups in total. The number of nitrogens with one attached hydrogen (secondary N) is 1. The first-order chi connectivity index (χ1) is 11.5. The minimum absolute atomic E-state index is 0.170. The third-order valence-electron chi connectivity index (χ3n) is 4.16. The van der Waals surface area contributed by atoms with Crippen LogP contribution in [-0.4, -0.2) is 45.2 Å². The van der Waals surface area contributed by atoms with E-state index in [-0.39, 0.29) is 12.4 Å². The maximum atomic E-state index is 15.0. The molecule has 2 aromatic rings. The van der Waals surface area contributed by atoms with Gasteiger partial charge >= 0.3 is 0 Å². The molecular weight excluding hydrogens is 314 g/mol. The average Bonchev–Trinajstić information content (AvgIpc) is 2.54. The standard InChI is InChI=1S/C16H20F2N6/c1-11-7-14(23-12(2)22-11)20-9-16(18)3-5-24(6-4-16)15-13(17)8-19-10-21-15/h7-8,10H,3-6,9H2,1-2H3,(H,20,22,23). The predicted octanol–water partition coefficient (Wildman–Crippen LogP) is 2.44. The molecule has 1 saturated heterocycles. The summed E-state index contributed by atoms with van der Waals surface area (Å²) in [6.45, 7) is 4.67. The van der Waals surface area contributed by atoms with Crippen LogP contribution in [0.1, 0.15) is 24.4 Å². The molecule has 3 heterocycles. The fraction of sp³-hybridized carbons (Fsp3) is 0.500. The summed E-state index contributed by atoms with van der Waals surface area (Å²) in [5, 5.41) is 3.06. The van der Waals surface area contributed by atoms with Crippen LogP contribution in [0.25, 0.3) is 0 Å². The topological polar surface area (TPSA) is 66.8 Å². The highest BCUT2D eigenvalue weighted by Crippen LogP contribution is 2.29. The van der Waals surface area contributed by atoms with Crippen molar-refractivity contribution in [1.82, 2.24) is 19.9 Å². The van der Waals surface area contributed by atoms with Gasteiger partial charge in [-0.05, 0) is 13.8 Å². The van der Waals surface area contributed by atoms with Crippen molar-refractivity contribution in [2.75, 3.05) is 29.9 Å². The number of aromatic nitrogens is 4. The van der Waals surface area contributed by atoms with Crippen molar-refractivity contribution in [3.63, 3.8) is 0 Å². The lowest BCUT2D eigenvalue weighted by molar-refractivity contribution is 0.140. The van der Waals surface area contributed by atoms with Crippen LogP contribution >= 0.6 is 0 Å². The van der Waals surface area contributed by atoms with Gasteiger partial charge < -0.3 is 10.2 Å². The van der Waals surface area contributed by atoms with E-state index in [1.165, 1.54) is 6.33 Å². The van der Waals surface area contributed by atoms with E-state index < -0.39 is 11.5 Å². The Balaban J connectivity index is 1.59. The number of halogens is 2. The highest BCUT2D eigenvalue weighted by molar-refractivity contribution is 5.40. The van der Waals surface area contributed by atoms with Crippen molar-refractivity contribution in [1.29, 1.82) is 0 Å². The SMILES string of the molecule is Cc1cc(NCC2(F)CCN(c3ncncc3F)CC2)nc(C)n1. The molecule has 24 heavy (non-hydrogen) atoms. The summed E-state index contributed by atoms with van der Waals surface area (Å²) in [4.78, 5) is 17.8. The van der Waals surface area contributed by atoms with Gasteiger partial charge in [-0.3, -0.25) is 0 Å². The van der Waals surface area contributed by atoms with Crippen LogP contribution in [0.5, 0.6) is 0 Å². The molecule has 0 aliphatic carbocycles. The van der Waals surface area contributed by atoms with Crippen molar-refractivity contribution in [2.45, 2.75) is 32.4 Å². The second-order valence-electron chi connectivity index (χ2n) is 6.13. The minimum atomic E-state index is -1.35. The highest BCUT2D eigenvalue weighted by atomic mass is 19.1. The number of alkyl halides is 1. The Morgan fingerprint density at radius 2 is 2.00 bits per heavy atom. The molecule has 0 saturated carbocycles. The molecule has 0 radical (unpaired) electrons. The van der Waals surface area contributed by atoms with Gasteiger partial charge in [0.15, 0.2) is 11.6 Å². The van der Waals surface area contributed by atoms with Gasteiger partial charge in [-0.1, -0.05) is 0 Å². The summed E-state index contributed by atoms with van der Waals surface area (Å²) in [5.41, 5.74) is -0.515. The number of piperidine rings is 1. The smallest absolute Gasteiger partial charge is 0.183 e. The Morgan fingerprint density at radius 3 is 2.67 bits per heavy atom. The lowest BCUT2D eigenvalue weighted by Crippen LogP contribution is -2.46. The number of aryl methyl sites for hydroxylation is 2. The maximum absolute atomic E-state index is 15.0. The van der Waals surface area contributed by atoms with Crippen molar-refractivity contribution in [2.24, 2.45) is 0 Å². The van der Waals surface area contributed by atoms with Crippen LogP contribution in [-0.2, 0) is 0 Å². The second kappa shape index (κ2) is 6.62. The van der Waals surface area contributed by atoms with Gasteiger partial charge in [0.05, 0.1) is 12.7 Å². The van der Waals surface area contributed by atoms with E-state index in [1.54, 1.807) is 17.9 Å². The maximum Gasteiger partial charge on any atom is 0.183 e. The minimum Gasteiger partial charge on any atom is -0.367 e. The van der Waals surface area contributed by atoms with Crippen LogP contribution in [0, 0.1) is 19.7 Å². The highest BCUT2D eigenvalue weighted by Gasteiger charge is 2.35. The molecule has 128 valence electrons. The molecule has 1 fully saturated rings. The summed E-state index contributed by atoms with van der Waals surface area (Å²) >= 11 is 0. The molecule has 3 rings (SSSR count). The Kier molecular flexibility index (Phi) is 4.55. The number of nitrogens with zero attached hydrogens (tertiary/aromatic N) is 5. The van der Waals surface area contributed by atoms with Crippen LogP contribution in [0.2, 0.25) is 0 Å². The van der Waals surface area contributed by atoms with Crippen molar-refractivity contribution < 1.29 is 8.78 Å². The zero-order valence-corrected chi connectivity index (χ0v) is 13.8. The van der Waals surface area contributed by atoms with Gasteiger partial charge in [0.2, 0.25) is 0 Å². The number of hydrogen-bond donors (Lipinski definition) is 1. The van der Waals surface area contributed by atoms with Gasteiger partial charge in [-0.15, -0.1) is 0 Å². The van der Waals surface area contributed by atoms with Gasteiger partial charge in [-0.25, -0.2) is 28.7 Å². The van der Waals surface area contributed by atoms with E-state index in [0.29, 0.717) is 37.6 Å². The Labute approximate surface area is 139 Å². The van der Waals surface area contributed by atoms with E-state index >= 15 is 0 Å². The fourth-order valence-corrected chi connectivity index (χ4v) is 2.89. The fourth-order valence-electron chi connectivity index (χ4n) is 2.89. The first-order valence-corrected chi connectivity index (χ1v) is 7.91. The Bertz CT molecular complexity index is 695. The van der Waals surface area contributed by atoms with Crippen LogP contribution < -0.4 is 10.2 Å². The summed E-state index contributed by atoms with van der Waals surface area (Å²) in [7, 11) is 0. The van der Waals surface area contributed by atoms with Crippen LogP contribution in [0.15, 0.2) is 18.6 Å². The van der Waals surface area contributed by atoms with Gasteiger partial charge in [-0.2, -0.15) is 0 Å². The lowest BCUT2D eigenvalue weighted by atomic mass is 9.93. The summed E-state index contributed by atoms with van der Waals surface area (Å²) in [6, 6.07) is 1.79. The molecular formula is C16H20F2N6. The van der Waals surface area contributed by atoms with Crippen molar-refractivity contribution >= 4 is 11.6 Å². The van der Waals surface area contributed by atoms with E-state index in [4.69, 9.17) is 0 Å². The van der Waals surface area contributed by atoms with Crippen LogP contribution in [0.4, 0.5) is 20.4 Å². The number of hydrogen-bond acceptors (Lipinski definition) is 6. The monoisotopic (exact) mass is 334 g/mol. The molecule has 0 amide bonds. The first-order valence-electron chi connectivity index (χ1n) is 7.91. The molecule has 8 heteroatoms. The molecule has 6 nitrogen and oxygen atoms in total. The Hall–Kier alpha value is -2.38. The number of anilines is 2. The summed E-state index contributed by atoms with van der Waals surface area (Å²) in [6.07, 6.45) is 3.02. The molecule has 1 aliphatic heterocycles. The van der Waals surface area contributed by atoms with Gasteiger partial charge in [0, 0.05) is 37.7 Å². The molecule has 0 atom stereocenters. The molecule has 1 aliphatic rings. The largest absolute Gasteiger partial charge is 0.367 e. The predicted molar refractivity (Wildman–Crippen MR) is 87.3 cm³/mol. The summed E-state index contributed by atoms with van der Waals surface area (Å²) in [5.74, 6) is 1.04. The molecule has 0 aromatic carbocycles. The van der Waals surface area contributed by atoms with E-state index in [0.717, 1.165) is 11.9 Å². The Morgan fingerprint density at radius 1 is 1.25 bits per heavy atom.